The average molecular weight is 293 g/mol. The molecule has 4 heteroatoms. The minimum Gasteiger partial charge on any atom is -0.327 e. The van der Waals surface area contributed by atoms with E-state index in [2.05, 4.69) is 18.2 Å². The van der Waals surface area contributed by atoms with E-state index in [-0.39, 0.29) is 12.0 Å². The fourth-order valence-electron chi connectivity index (χ4n) is 3.62. The lowest BCUT2D eigenvalue weighted by Crippen LogP contribution is -2.26. The van der Waals surface area contributed by atoms with E-state index in [1.807, 2.05) is 0 Å². The summed E-state index contributed by atoms with van der Waals surface area (Å²) in [6, 6.07) is 6.81. The molecule has 1 fully saturated rings. The summed E-state index contributed by atoms with van der Waals surface area (Å²) in [5, 5.41) is 0. The van der Waals surface area contributed by atoms with Crippen molar-refractivity contribution in [2.45, 2.75) is 44.6 Å². The van der Waals surface area contributed by atoms with Gasteiger partial charge < -0.3 is 5.73 Å². The Morgan fingerprint density at radius 2 is 2.05 bits per heavy atom. The molecule has 20 heavy (non-hydrogen) atoms. The Hall–Kier alpha value is -0.870. The number of sulfone groups is 1. The third kappa shape index (κ3) is 3.23. The third-order valence-electron chi connectivity index (χ3n) is 4.62. The third-order valence-corrected chi connectivity index (χ3v) is 6.46. The zero-order valence-corrected chi connectivity index (χ0v) is 12.7. The first-order valence-electron chi connectivity index (χ1n) is 7.58. The summed E-state index contributed by atoms with van der Waals surface area (Å²) in [6.07, 6.45) is 6.16. The van der Waals surface area contributed by atoms with Crippen LogP contribution >= 0.6 is 0 Å². The molecule has 2 N–H and O–H groups in total. The predicted molar refractivity (Wildman–Crippen MR) is 81.5 cm³/mol. The highest BCUT2D eigenvalue weighted by molar-refractivity contribution is 7.91. The van der Waals surface area contributed by atoms with Crippen molar-refractivity contribution < 1.29 is 8.42 Å². The predicted octanol–water partition coefficient (Wildman–Crippen LogP) is 1.87. The first-order valence-corrected chi connectivity index (χ1v) is 9.41. The van der Waals surface area contributed by atoms with Gasteiger partial charge in [-0.25, -0.2) is 8.42 Å². The quantitative estimate of drug-likeness (QED) is 0.922. The number of rotatable bonds is 4. The maximum absolute atomic E-state index is 11.5. The molecule has 110 valence electrons. The minimum atomic E-state index is -2.78. The van der Waals surface area contributed by atoms with Gasteiger partial charge in [0.2, 0.25) is 0 Å². The largest absolute Gasteiger partial charge is 0.327 e. The van der Waals surface area contributed by atoms with Crippen LogP contribution in [0.2, 0.25) is 0 Å². The zero-order valence-electron chi connectivity index (χ0n) is 11.8. The number of benzene rings is 1. The summed E-state index contributed by atoms with van der Waals surface area (Å²) in [6.45, 7) is 0. The molecule has 1 aliphatic heterocycles. The minimum absolute atomic E-state index is 0.0766. The standard InChI is InChI=1S/C16H23NO2S/c17-16(10-13-6-7-20(18,19)11-13)9-12-4-5-14-2-1-3-15(14)8-12/h4-5,8,13,16H,1-3,6-7,9-11,17H2. The van der Waals surface area contributed by atoms with E-state index < -0.39 is 9.84 Å². The molecule has 0 bridgehead atoms. The maximum Gasteiger partial charge on any atom is 0.150 e. The normalized spacial score (nSPS) is 25.6. The molecule has 1 aromatic carbocycles. The van der Waals surface area contributed by atoms with E-state index in [0.29, 0.717) is 11.5 Å². The van der Waals surface area contributed by atoms with Crippen molar-refractivity contribution in [3.8, 4) is 0 Å². The van der Waals surface area contributed by atoms with Crippen molar-refractivity contribution in [2.75, 3.05) is 11.5 Å². The van der Waals surface area contributed by atoms with Crippen LogP contribution in [0.5, 0.6) is 0 Å². The molecular weight excluding hydrogens is 270 g/mol. The molecule has 2 atom stereocenters. The van der Waals surface area contributed by atoms with Crippen molar-refractivity contribution in [1.82, 2.24) is 0 Å². The number of aryl methyl sites for hydroxylation is 2. The Kier molecular flexibility index (Phi) is 3.87. The first-order chi connectivity index (χ1) is 9.52. The van der Waals surface area contributed by atoms with Crippen LogP contribution in [0.15, 0.2) is 18.2 Å². The Morgan fingerprint density at radius 3 is 2.80 bits per heavy atom. The van der Waals surface area contributed by atoms with Crippen molar-refractivity contribution in [2.24, 2.45) is 11.7 Å². The highest BCUT2D eigenvalue weighted by Crippen LogP contribution is 2.25. The van der Waals surface area contributed by atoms with Crippen molar-refractivity contribution in [1.29, 1.82) is 0 Å². The molecule has 0 spiro atoms. The lowest BCUT2D eigenvalue weighted by molar-refractivity contribution is 0.468. The Labute approximate surface area is 121 Å². The molecule has 3 nitrogen and oxygen atoms in total. The van der Waals surface area contributed by atoms with E-state index in [4.69, 9.17) is 5.73 Å². The first kappa shape index (κ1) is 14.1. The van der Waals surface area contributed by atoms with Crippen LogP contribution in [-0.4, -0.2) is 26.0 Å². The molecule has 1 saturated heterocycles. The van der Waals surface area contributed by atoms with Crippen LogP contribution in [0, 0.1) is 5.92 Å². The van der Waals surface area contributed by atoms with Gasteiger partial charge in [0.25, 0.3) is 0 Å². The second-order valence-corrected chi connectivity index (χ2v) is 8.65. The summed E-state index contributed by atoms with van der Waals surface area (Å²) < 4.78 is 22.9. The fourth-order valence-corrected chi connectivity index (χ4v) is 5.50. The van der Waals surface area contributed by atoms with Gasteiger partial charge in [0.05, 0.1) is 11.5 Å². The second kappa shape index (κ2) is 5.49. The Morgan fingerprint density at radius 1 is 1.25 bits per heavy atom. The molecule has 0 radical (unpaired) electrons. The summed E-state index contributed by atoms with van der Waals surface area (Å²) in [4.78, 5) is 0. The Bertz CT molecular complexity index is 594. The van der Waals surface area contributed by atoms with E-state index in [0.717, 1.165) is 19.3 Å². The van der Waals surface area contributed by atoms with Crippen LogP contribution in [0.3, 0.4) is 0 Å². The number of hydrogen-bond donors (Lipinski definition) is 1. The lowest BCUT2D eigenvalue weighted by atomic mass is 9.94. The lowest BCUT2D eigenvalue weighted by Gasteiger charge is -2.16. The van der Waals surface area contributed by atoms with Gasteiger partial charge in [-0.05, 0) is 61.1 Å². The molecular formula is C16H23NO2S. The highest BCUT2D eigenvalue weighted by Gasteiger charge is 2.29. The van der Waals surface area contributed by atoms with Gasteiger partial charge in [-0.3, -0.25) is 0 Å². The van der Waals surface area contributed by atoms with Gasteiger partial charge in [-0.1, -0.05) is 18.2 Å². The number of hydrogen-bond acceptors (Lipinski definition) is 3. The number of fused-ring (bicyclic) bond motifs is 1. The highest BCUT2D eigenvalue weighted by atomic mass is 32.2. The van der Waals surface area contributed by atoms with Crippen molar-refractivity contribution in [3.63, 3.8) is 0 Å². The van der Waals surface area contributed by atoms with E-state index in [9.17, 15) is 8.42 Å². The summed E-state index contributed by atoms with van der Waals surface area (Å²) in [7, 11) is -2.78. The smallest absolute Gasteiger partial charge is 0.150 e. The van der Waals surface area contributed by atoms with Crippen LogP contribution in [0.25, 0.3) is 0 Å². The molecule has 2 aliphatic rings. The maximum atomic E-state index is 11.5. The summed E-state index contributed by atoms with van der Waals surface area (Å²) in [5.41, 5.74) is 10.5. The van der Waals surface area contributed by atoms with Gasteiger partial charge in [-0.2, -0.15) is 0 Å². The van der Waals surface area contributed by atoms with Gasteiger partial charge in [0.15, 0.2) is 9.84 Å². The fraction of sp³-hybridized carbons (Fsp3) is 0.625. The van der Waals surface area contributed by atoms with Crippen LogP contribution in [-0.2, 0) is 29.1 Å². The monoisotopic (exact) mass is 293 g/mol. The molecule has 0 saturated carbocycles. The summed E-state index contributed by atoms with van der Waals surface area (Å²) in [5.74, 6) is 0.957. The molecule has 0 aromatic heterocycles. The van der Waals surface area contributed by atoms with E-state index in [1.54, 1.807) is 0 Å². The number of nitrogens with two attached hydrogens (primary N) is 1. The van der Waals surface area contributed by atoms with Gasteiger partial charge in [-0.15, -0.1) is 0 Å². The van der Waals surface area contributed by atoms with Crippen LogP contribution < -0.4 is 5.73 Å². The van der Waals surface area contributed by atoms with Crippen molar-refractivity contribution >= 4 is 9.84 Å². The molecule has 1 aliphatic carbocycles. The van der Waals surface area contributed by atoms with E-state index in [1.165, 1.54) is 36.0 Å². The van der Waals surface area contributed by atoms with Gasteiger partial charge >= 0.3 is 0 Å². The SMILES string of the molecule is NC(Cc1ccc2c(c1)CCC2)CC1CCS(=O)(=O)C1. The molecule has 0 amide bonds. The van der Waals surface area contributed by atoms with Gasteiger partial charge in [0, 0.05) is 6.04 Å². The molecule has 2 unspecified atom stereocenters. The van der Waals surface area contributed by atoms with Crippen LogP contribution in [0.4, 0.5) is 0 Å². The van der Waals surface area contributed by atoms with Gasteiger partial charge in [0.1, 0.15) is 0 Å². The average Bonchev–Trinajstić information content (AvgIpc) is 2.95. The van der Waals surface area contributed by atoms with Crippen LogP contribution in [0.1, 0.15) is 36.0 Å². The van der Waals surface area contributed by atoms with Crippen molar-refractivity contribution in [3.05, 3.63) is 34.9 Å². The topological polar surface area (TPSA) is 60.2 Å². The molecule has 3 rings (SSSR count). The second-order valence-electron chi connectivity index (χ2n) is 6.43. The molecule has 1 aromatic rings. The molecule has 1 heterocycles. The van der Waals surface area contributed by atoms with E-state index >= 15 is 0 Å². The Balaban J connectivity index is 1.58. The zero-order chi connectivity index (χ0) is 14.2. The summed E-state index contributed by atoms with van der Waals surface area (Å²) >= 11 is 0.